The molecule has 1 aromatic heterocycles. The topological polar surface area (TPSA) is 49.2 Å². The van der Waals surface area contributed by atoms with Crippen LogP contribution in [-0.2, 0) is 0 Å². The summed E-state index contributed by atoms with van der Waals surface area (Å²) < 4.78 is 4.43. The average Bonchev–Trinajstić information content (AvgIpc) is 2.85. The smallest absolute Gasteiger partial charge is 0.205 e. The van der Waals surface area contributed by atoms with E-state index in [0.717, 1.165) is 30.5 Å². The van der Waals surface area contributed by atoms with Gasteiger partial charge in [-0.25, -0.2) is 4.98 Å². The van der Waals surface area contributed by atoms with E-state index in [-0.39, 0.29) is 0 Å². The second kappa shape index (κ2) is 4.30. The lowest BCUT2D eigenvalue weighted by Gasteiger charge is -2.13. The Hall–Kier alpha value is -0.680. The number of nitrogens with zero attached hydrogens (tertiary/aromatic N) is 3. The molecule has 1 aliphatic heterocycles. The maximum absolute atomic E-state index is 8.92. The molecule has 0 spiro atoms. The van der Waals surface area contributed by atoms with E-state index in [4.69, 9.17) is 5.11 Å². The van der Waals surface area contributed by atoms with E-state index in [2.05, 4.69) is 14.3 Å². The first-order valence-electron chi connectivity index (χ1n) is 6.06. The molecular weight excluding hydrogens is 222 g/mol. The second-order valence-electron chi connectivity index (χ2n) is 4.82. The summed E-state index contributed by atoms with van der Waals surface area (Å²) in [4.78, 5) is 6.94. The first-order valence-corrected chi connectivity index (χ1v) is 6.83. The van der Waals surface area contributed by atoms with Gasteiger partial charge in [-0.3, -0.25) is 0 Å². The number of hydrogen-bond acceptors (Lipinski definition) is 5. The van der Waals surface area contributed by atoms with Crippen molar-refractivity contribution in [3.63, 3.8) is 0 Å². The van der Waals surface area contributed by atoms with Gasteiger partial charge in [-0.05, 0) is 31.6 Å². The molecule has 0 radical (unpaired) electrons. The molecule has 1 aliphatic carbocycles. The van der Waals surface area contributed by atoms with Crippen molar-refractivity contribution in [1.82, 2.24) is 9.36 Å². The van der Waals surface area contributed by atoms with Crippen LogP contribution in [0.4, 0.5) is 5.13 Å². The molecule has 1 aromatic rings. The van der Waals surface area contributed by atoms with Crippen molar-refractivity contribution >= 4 is 16.7 Å². The molecule has 0 bridgehead atoms. The van der Waals surface area contributed by atoms with Gasteiger partial charge in [0.2, 0.25) is 5.13 Å². The predicted octanol–water partition coefficient (Wildman–Crippen LogP) is 1.62. The lowest BCUT2D eigenvalue weighted by atomic mass is 10.1. The molecule has 0 aromatic carbocycles. The van der Waals surface area contributed by atoms with Crippen LogP contribution >= 0.6 is 11.5 Å². The normalized spacial score (nSPS) is 25.3. The maximum Gasteiger partial charge on any atom is 0.205 e. The summed E-state index contributed by atoms with van der Waals surface area (Å²) in [5.74, 6) is 2.35. The van der Waals surface area contributed by atoms with Gasteiger partial charge in [-0.2, -0.15) is 4.37 Å². The summed E-state index contributed by atoms with van der Waals surface area (Å²) in [5.41, 5.74) is 0. The summed E-state index contributed by atoms with van der Waals surface area (Å²) >= 11 is 1.54. The van der Waals surface area contributed by atoms with Crippen LogP contribution in [0.3, 0.4) is 0 Å². The van der Waals surface area contributed by atoms with E-state index in [0.29, 0.717) is 18.4 Å². The van der Waals surface area contributed by atoms with Crippen LogP contribution in [0, 0.1) is 5.92 Å². The first kappa shape index (κ1) is 10.5. The summed E-state index contributed by atoms with van der Waals surface area (Å²) in [5, 5.41) is 10.0. The third-order valence-electron chi connectivity index (χ3n) is 3.47. The number of rotatable bonds is 4. The van der Waals surface area contributed by atoms with Gasteiger partial charge in [-0.1, -0.05) is 0 Å². The number of hydrogen-bond donors (Lipinski definition) is 1. The fourth-order valence-corrected chi connectivity index (χ4v) is 3.07. The van der Waals surface area contributed by atoms with Crippen molar-refractivity contribution in [3.8, 4) is 0 Å². The van der Waals surface area contributed by atoms with E-state index in [9.17, 15) is 0 Å². The first-order chi connectivity index (χ1) is 7.86. The molecule has 1 saturated carbocycles. The third-order valence-corrected chi connectivity index (χ3v) is 4.26. The molecule has 88 valence electrons. The van der Waals surface area contributed by atoms with Crippen LogP contribution < -0.4 is 4.90 Å². The van der Waals surface area contributed by atoms with E-state index < -0.39 is 0 Å². The Morgan fingerprint density at radius 1 is 1.38 bits per heavy atom. The van der Waals surface area contributed by atoms with Crippen LogP contribution in [0.1, 0.15) is 37.4 Å². The van der Waals surface area contributed by atoms with Gasteiger partial charge in [0.15, 0.2) is 0 Å². The zero-order valence-corrected chi connectivity index (χ0v) is 10.1. The highest BCUT2D eigenvalue weighted by Gasteiger charge is 2.30. The highest BCUT2D eigenvalue weighted by molar-refractivity contribution is 7.09. The number of anilines is 1. The lowest BCUT2D eigenvalue weighted by molar-refractivity contribution is 0.263. The Labute approximate surface area is 99.5 Å². The monoisotopic (exact) mass is 239 g/mol. The summed E-state index contributed by atoms with van der Waals surface area (Å²) in [7, 11) is 0. The number of aliphatic hydroxyl groups is 1. The van der Waals surface area contributed by atoms with Gasteiger partial charge in [-0.15, -0.1) is 0 Å². The molecule has 2 aliphatic rings. The molecule has 5 heteroatoms. The van der Waals surface area contributed by atoms with Crippen molar-refractivity contribution < 1.29 is 5.11 Å². The Morgan fingerprint density at radius 3 is 3.00 bits per heavy atom. The van der Waals surface area contributed by atoms with Crippen LogP contribution in [0.15, 0.2) is 0 Å². The Bertz CT molecular complexity index is 364. The zero-order valence-electron chi connectivity index (χ0n) is 9.30. The van der Waals surface area contributed by atoms with Crippen LogP contribution in [0.2, 0.25) is 0 Å². The molecule has 1 N–H and O–H groups in total. The zero-order chi connectivity index (χ0) is 11.0. The molecule has 1 saturated heterocycles. The summed E-state index contributed by atoms with van der Waals surface area (Å²) in [6.45, 7) is 2.42. The van der Waals surface area contributed by atoms with Crippen molar-refractivity contribution in [2.75, 3.05) is 24.6 Å². The highest BCUT2D eigenvalue weighted by atomic mass is 32.1. The van der Waals surface area contributed by atoms with Gasteiger partial charge >= 0.3 is 0 Å². The minimum Gasteiger partial charge on any atom is -0.396 e. The van der Waals surface area contributed by atoms with Gasteiger partial charge in [0, 0.05) is 37.1 Å². The molecule has 1 unspecified atom stereocenters. The molecule has 0 amide bonds. The molecule has 4 nitrogen and oxygen atoms in total. The second-order valence-corrected chi connectivity index (χ2v) is 5.55. The van der Waals surface area contributed by atoms with Crippen LogP contribution in [0.25, 0.3) is 0 Å². The minimum absolute atomic E-state index is 0.307. The fourth-order valence-electron chi connectivity index (χ4n) is 2.29. The van der Waals surface area contributed by atoms with Gasteiger partial charge in [0.1, 0.15) is 5.82 Å². The van der Waals surface area contributed by atoms with E-state index in [1.807, 2.05) is 0 Å². The number of aliphatic hydroxyl groups excluding tert-OH is 1. The van der Waals surface area contributed by atoms with Crippen molar-refractivity contribution in [1.29, 1.82) is 0 Å². The Kier molecular flexibility index (Phi) is 2.81. The molecule has 3 rings (SSSR count). The van der Waals surface area contributed by atoms with Crippen LogP contribution in [-0.4, -0.2) is 34.2 Å². The lowest BCUT2D eigenvalue weighted by Crippen LogP contribution is -2.19. The van der Waals surface area contributed by atoms with Crippen LogP contribution in [0.5, 0.6) is 0 Å². The maximum atomic E-state index is 8.92. The molecular formula is C11H17N3OS. The Morgan fingerprint density at radius 2 is 2.25 bits per heavy atom. The Balaban J connectivity index is 1.63. The molecule has 16 heavy (non-hydrogen) atoms. The van der Waals surface area contributed by atoms with Crippen molar-refractivity contribution in [3.05, 3.63) is 5.82 Å². The van der Waals surface area contributed by atoms with Crippen molar-refractivity contribution in [2.45, 2.75) is 31.6 Å². The fraction of sp³-hybridized carbons (Fsp3) is 0.818. The van der Waals surface area contributed by atoms with E-state index >= 15 is 0 Å². The summed E-state index contributed by atoms with van der Waals surface area (Å²) in [6, 6.07) is 0. The van der Waals surface area contributed by atoms with Gasteiger partial charge in [0.25, 0.3) is 0 Å². The quantitative estimate of drug-likeness (QED) is 0.867. The predicted molar refractivity (Wildman–Crippen MR) is 63.9 cm³/mol. The average molecular weight is 239 g/mol. The summed E-state index contributed by atoms with van der Waals surface area (Å²) in [6.07, 6.45) is 4.64. The highest BCUT2D eigenvalue weighted by Crippen LogP contribution is 2.40. The largest absolute Gasteiger partial charge is 0.396 e. The third kappa shape index (κ3) is 2.06. The standard InChI is InChI=1S/C11H17N3OS/c15-6-4-8-3-5-14(7-8)11-12-10(13-16-11)9-1-2-9/h8-9,15H,1-7H2. The van der Waals surface area contributed by atoms with Gasteiger partial charge in [0.05, 0.1) is 0 Å². The van der Waals surface area contributed by atoms with E-state index in [1.54, 1.807) is 0 Å². The SMILES string of the molecule is OCCC1CCN(c2nc(C3CC3)ns2)C1. The minimum atomic E-state index is 0.307. The van der Waals surface area contributed by atoms with Gasteiger partial charge < -0.3 is 10.0 Å². The molecule has 2 fully saturated rings. The molecule has 1 atom stereocenters. The van der Waals surface area contributed by atoms with Crippen molar-refractivity contribution in [2.24, 2.45) is 5.92 Å². The van der Waals surface area contributed by atoms with E-state index in [1.165, 1.54) is 30.8 Å². The number of aromatic nitrogens is 2. The molecule has 2 heterocycles.